The number of aryl methyl sites for hydroxylation is 2. The predicted molar refractivity (Wildman–Crippen MR) is 75.7 cm³/mol. The number of anilines is 1. The molecule has 0 aliphatic heterocycles. The number of aromatic nitrogens is 2. The van der Waals surface area contributed by atoms with E-state index in [1.807, 2.05) is 6.20 Å². The van der Waals surface area contributed by atoms with Gasteiger partial charge in [-0.15, -0.1) is 0 Å². The zero-order chi connectivity index (χ0) is 12.8. The lowest BCUT2D eigenvalue weighted by atomic mass is 10.1. The Hall–Kier alpha value is -1.77. The summed E-state index contributed by atoms with van der Waals surface area (Å²) in [5.41, 5.74) is 3.77. The second kappa shape index (κ2) is 6.24. The third-order valence-electron chi connectivity index (χ3n) is 3.08. The van der Waals surface area contributed by atoms with Crippen molar-refractivity contribution in [3.05, 3.63) is 47.8 Å². The maximum absolute atomic E-state index is 4.32. The average molecular weight is 243 g/mol. The molecule has 3 nitrogen and oxygen atoms in total. The van der Waals surface area contributed by atoms with Gasteiger partial charge in [-0.1, -0.05) is 26.0 Å². The van der Waals surface area contributed by atoms with E-state index in [0.717, 1.165) is 31.6 Å². The maximum atomic E-state index is 4.32. The summed E-state index contributed by atoms with van der Waals surface area (Å²) < 4.78 is 2.06. The molecular weight excluding hydrogens is 222 g/mol. The minimum atomic E-state index is 0.825. The fourth-order valence-electron chi connectivity index (χ4n) is 1.97. The van der Waals surface area contributed by atoms with Crippen LogP contribution >= 0.6 is 0 Å². The lowest BCUT2D eigenvalue weighted by molar-refractivity contribution is 0.578. The van der Waals surface area contributed by atoms with Gasteiger partial charge in [-0.2, -0.15) is 5.10 Å². The van der Waals surface area contributed by atoms with Crippen molar-refractivity contribution in [1.29, 1.82) is 0 Å². The van der Waals surface area contributed by atoms with E-state index >= 15 is 0 Å². The molecule has 0 atom stereocenters. The summed E-state index contributed by atoms with van der Waals surface area (Å²) in [6, 6.07) is 10.7. The van der Waals surface area contributed by atoms with Crippen molar-refractivity contribution < 1.29 is 0 Å². The van der Waals surface area contributed by atoms with E-state index in [2.05, 4.69) is 59.3 Å². The summed E-state index contributed by atoms with van der Waals surface area (Å²) in [5.74, 6) is 0. The summed E-state index contributed by atoms with van der Waals surface area (Å²) in [6.45, 7) is 6.15. The van der Waals surface area contributed by atoms with E-state index in [1.54, 1.807) is 0 Å². The molecule has 0 amide bonds. The van der Waals surface area contributed by atoms with E-state index in [4.69, 9.17) is 0 Å². The number of hydrogen-bond donors (Lipinski definition) is 1. The second-order valence-corrected chi connectivity index (χ2v) is 4.45. The maximum Gasteiger partial charge on any atom is 0.0575 e. The van der Waals surface area contributed by atoms with Crippen LogP contribution in [0, 0.1) is 0 Å². The average Bonchev–Trinajstić information content (AvgIpc) is 2.85. The van der Waals surface area contributed by atoms with Crippen molar-refractivity contribution in [1.82, 2.24) is 9.78 Å². The Labute approximate surface area is 109 Å². The zero-order valence-electron chi connectivity index (χ0n) is 11.2. The molecule has 2 rings (SSSR count). The molecule has 18 heavy (non-hydrogen) atoms. The Morgan fingerprint density at radius 2 is 1.89 bits per heavy atom. The molecule has 1 aromatic carbocycles. The van der Waals surface area contributed by atoms with Crippen LogP contribution in [-0.2, 0) is 19.5 Å². The number of nitrogens with zero attached hydrogens (tertiary/aromatic N) is 2. The molecule has 0 radical (unpaired) electrons. The summed E-state index contributed by atoms with van der Waals surface area (Å²) in [6.07, 6.45) is 4.07. The number of benzene rings is 1. The van der Waals surface area contributed by atoms with Crippen LogP contribution in [0.15, 0.2) is 36.5 Å². The third-order valence-corrected chi connectivity index (χ3v) is 3.08. The summed E-state index contributed by atoms with van der Waals surface area (Å²) in [5, 5.41) is 7.76. The van der Waals surface area contributed by atoms with E-state index < -0.39 is 0 Å². The van der Waals surface area contributed by atoms with Crippen LogP contribution in [0.4, 0.5) is 5.69 Å². The Morgan fingerprint density at radius 1 is 1.11 bits per heavy atom. The van der Waals surface area contributed by atoms with Crippen molar-refractivity contribution >= 4 is 5.69 Å². The van der Waals surface area contributed by atoms with Gasteiger partial charge in [0, 0.05) is 18.4 Å². The summed E-state index contributed by atoms with van der Waals surface area (Å²) >= 11 is 0. The molecule has 0 saturated carbocycles. The molecule has 0 fully saturated rings. The highest BCUT2D eigenvalue weighted by Crippen LogP contribution is 2.11. The van der Waals surface area contributed by atoms with Gasteiger partial charge in [-0.05, 0) is 36.6 Å². The smallest absolute Gasteiger partial charge is 0.0575 e. The zero-order valence-corrected chi connectivity index (χ0v) is 11.2. The van der Waals surface area contributed by atoms with E-state index in [-0.39, 0.29) is 0 Å². The Kier molecular flexibility index (Phi) is 4.40. The molecular formula is C15H21N3. The first-order valence-corrected chi connectivity index (χ1v) is 6.67. The van der Waals surface area contributed by atoms with Gasteiger partial charge in [0.1, 0.15) is 0 Å². The lowest BCUT2D eigenvalue weighted by Crippen LogP contribution is -2.08. The van der Waals surface area contributed by atoms with Crippen LogP contribution in [-0.4, -0.2) is 9.78 Å². The number of hydrogen-bond acceptors (Lipinski definition) is 2. The van der Waals surface area contributed by atoms with Gasteiger partial charge in [0.05, 0.1) is 12.2 Å². The van der Waals surface area contributed by atoms with Crippen molar-refractivity contribution in [3.8, 4) is 0 Å². The van der Waals surface area contributed by atoms with Crippen molar-refractivity contribution in [2.24, 2.45) is 0 Å². The molecule has 96 valence electrons. The Balaban J connectivity index is 1.95. The minimum Gasteiger partial charge on any atom is -0.379 e. The molecule has 0 spiro atoms. The highest BCUT2D eigenvalue weighted by molar-refractivity contribution is 5.44. The number of nitrogens with one attached hydrogen (secondary N) is 1. The molecule has 0 bridgehead atoms. The topological polar surface area (TPSA) is 29.9 Å². The van der Waals surface area contributed by atoms with Crippen molar-refractivity contribution in [2.45, 2.75) is 39.8 Å². The first-order chi connectivity index (χ1) is 8.83. The monoisotopic (exact) mass is 243 g/mol. The van der Waals surface area contributed by atoms with Gasteiger partial charge in [0.2, 0.25) is 0 Å². The molecule has 1 heterocycles. The normalized spacial score (nSPS) is 10.6. The molecule has 1 N–H and O–H groups in total. The largest absolute Gasteiger partial charge is 0.379 e. The van der Waals surface area contributed by atoms with Crippen molar-refractivity contribution in [2.75, 3.05) is 5.32 Å². The summed E-state index contributed by atoms with van der Waals surface area (Å²) in [7, 11) is 0. The minimum absolute atomic E-state index is 0.825. The van der Waals surface area contributed by atoms with E-state index in [9.17, 15) is 0 Å². The fourth-order valence-corrected chi connectivity index (χ4v) is 1.97. The van der Waals surface area contributed by atoms with Gasteiger partial charge in [-0.3, -0.25) is 4.68 Å². The molecule has 0 saturated heterocycles. The second-order valence-electron chi connectivity index (χ2n) is 4.45. The van der Waals surface area contributed by atoms with Gasteiger partial charge in [0.25, 0.3) is 0 Å². The molecule has 0 unspecified atom stereocenters. The predicted octanol–water partition coefficient (Wildman–Crippen LogP) is 3.47. The molecule has 2 aromatic rings. The molecule has 0 aliphatic rings. The Morgan fingerprint density at radius 3 is 2.56 bits per heavy atom. The fraction of sp³-hybridized carbons (Fsp3) is 0.400. The van der Waals surface area contributed by atoms with Crippen LogP contribution < -0.4 is 5.32 Å². The van der Waals surface area contributed by atoms with Gasteiger partial charge in [-0.25, -0.2) is 0 Å². The quantitative estimate of drug-likeness (QED) is 0.842. The molecule has 3 heteroatoms. The summed E-state index contributed by atoms with van der Waals surface area (Å²) in [4.78, 5) is 0. The molecule has 0 aliphatic carbocycles. The van der Waals surface area contributed by atoms with E-state index in [0.29, 0.717) is 0 Å². The van der Waals surface area contributed by atoms with Crippen molar-refractivity contribution in [3.63, 3.8) is 0 Å². The highest BCUT2D eigenvalue weighted by atomic mass is 15.3. The third kappa shape index (κ3) is 3.13. The van der Waals surface area contributed by atoms with Gasteiger partial charge < -0.3 is 5.32 Å². The molecule has 1 aromatic heterocycles. The SMILES string of the molecule is CCCn1nccc1CNc1ccc(CC)cc1. The van der Waals surface area contributed by atoms with Crippen LogP contribution in [0.1, 0.15) is 31.5 Å². The van der Waals surface area contributed by atoms with Gasteiger partial charge >= 0.3 is 0 Å². The first kappa shape index (κ1) is 12.7. The van der Waals surface area contributed by atoms with Crippen LogP contribution in [0.5, 0.6) is 0 Å². The van der Waals surface area contributed by atoms with Gasteiger partial charge in [0.15, 0.2) is 0 Å². The number of rotatable bonds is 6. The Bertz CT molecular complexity index is 471. The van der Waals surface area contributed by atoms with Crippen LogP contribution in [0.2, 0.25) is 0 Å². The van der Waals surface area contributed by atoms with Crippen LogP contribution in [0.25, 0.3) is 0 Å². The standard InChI is InChI=1S/C15H21N3/c1-3-11-18-15(9-10-17-18)12-16-14-7-5-13(4-2)6-8-14/h5-10,16H,3-4,11-12H2,1-2H3. The first-order valence-electron chi connectivity index (χ1n) is 6.67. The highest BCUT2D eigenvalue weighted by Gasteiger charge is 2.01. The van der Waals surface area contributed by atoms with Crippen LogP contribution in [0.3, 0.4) is 0 Å². The van der Waals surface area contributed by atoms with E-state index in [1.165, 1.54) is 11.3 Å². The lowest BCUT2D eigenvalue weighted by Gasteiger charge is -2.09.